The van der Waals surface area contributed by atoms with Gasteiger partial charge in [-0.2, -0.15) is 0 Å². The van der Waals surface area contributed by atoms with E-state index in [1.54, 1.807) is 12.4 Å². The van der Waals surface area contributed by atoms with Crippen LogP contribution in [0.25, 0.3) is 22.3 Å². The molecule has 10 heteroatoms. The first kappa shape index (κ1) is 22.4. The zero-order valence-electron chi connectivity index (χ0n) is 18.9. The van der Waals surface area contributed by atoms with Gasteiger partial charge in [0.05, 0.1) is 24.4 Å². The molecule has 0 radical (unpaired) electrons. The van der Waals surface area contributed by atoms with E-state index >= 15 is 0 Å². The highest BCUT2D eigenvalue weighted by Crippen LogP contribution is 2.49. The highest BCUT2D eigenvalue weighted by Gasteiger charge is 2.62. The first-order valence-electron chi connectivity index (χ1n) is 11.1. The van der Waals surface area contributed by atoms with E-state index in [0.717, 1.165) is 11.3 Å². The average molecular weight is 469 g/mol. The highest BCUT2D eigenvalue weighted by atomic mass is 19.3. The smallest absolute Gasteiger partial charge is 0.260 e. The Balaban J connectivity index is 1.33. The number of fused-ring (bicyclic) bond motifs is 1. The van der Waals surface area contributed by atoms with Crippen molar-refractivity contribution in [3.63, 3.8) is 0 Å². The lowest BCUT2D eigenvalue weighted by molar-refractivity contribution is -0.143. The van der Waals surface area contributed by atoms with Crippen LogP contribution < -0.4 is 9.64 Å². The Hall–Kier alpha value is -3.40. The van der Waals surface area contributed by atoms with Gasteiger partial charge in [-0.3, -0.25) is 9.78 Å². The number of hydrogen-bond acceptors (Lipinski definition) is 7. The van der Waals surface area contributed by atoms with Crippen LogP contribution in [0.4, 0.5) is 14.5 Å². The first-order valence-corrected chi connectivity index (χ1v) is 11.1. The van der Waals surface area contributed by atoms with E-state index in [-0.39, 0.29) is 26.2 Å². The van der Waals surface area contributed by atoms with Gasteiger partial charge < -0.3 is 19.3 Å². The quantitative estimate of drug-likeness (QED) is 0.549. The average Bonchev–Trinajstić information content (AvgIpc) is 3.49. The van der Waals surface area contributed by atoms with Gasteiger partial charge in [0.25, 0.3) is 5.92 Å². The summed E-state index contributed by atoms with van der Waals surface area (Å²) >= 11 is 0. The van der Waals surface area contributed by atoms with E-state index in [4.69, 9.17) is 9.47 Å². The fraction of sp³-hybridized carbons (Fsp3) is 0.417. The summed E-state index contributed by atoms with van der Waals surface area (Å²) in [6.45, 7) is 0.866. The van der Waals surface area contributed by atoms with Crippen molar-refractivity contribution < 1.29 is 23.0 Å². The van der Waals surface area contributed by atoms with Crippen LogP contribution in [0.15, 0.2) is 42.7 Å². The number of aromatic nitrogens is 3. The van der Waals surface area contributed by atoms with Gasteiger partial charge in [-0.15, -0.1) is 0 Å². The minimum absolute atomic E-state index is 0.104. The molecule has 2 atom stereocenters. The normalized spacial score (nSPS) is 21.4. The second-order valence-electron chi connectivity index (χ2n) is 8.78. The fourth-order valence-electron chi connectivity index (χ4n) is 4.02. The van der Waals surface area contributed by atoms with Crippen molar-refractivity contribution in [1.29, 1.82) is 0 Å². The minimum Gasteiger partial charge on any atom is -0.473 e. The van der Waals surface area contributed by atoms with E-state index in [1.165, 1.54) is 4.90 Å². The van der Waals surface area contributed by atoms with Gasteiger partial charge in [0.1, 0.15) is 18.6 Å². The molecule has 178 valence electrons. The maximum atomic E-state index is 13.3. The molecular weight excluding hydrogens is 444 g/mol. The number of carbonyl (C=O) groups is 1. The molecule has 3 heterocycles. The molecule has 3 aromatic rings. The number of nitrogens with zero attached hydrogens (tertiary/aromatic N) is 5. The predicted molar refractivity (Wildman–Crippen MR) is 122 cm³/mol. The summed E-state index contributed by atoms with van der Waals surface area (Å²) in [6.07, 6.45) is 2.34. The third-order valence-corrected chi connectivity index (χ3v) is 6.08. The number of hydrogen-bond donors (Lipinski definition) is 0. The summed E-state index contributed by atoms with van der Waals surface area (Å²) in [5.41, 5.74) is 3.80. The standard InChI is InChI=1S/C24H25F2N5O3/c1-30(2)16-5-3-15(4-6-16)19-11-20-21(28-8-7-27-20)22(29-19)34-14-17-13-31(9-10-33-17)23(32)18-12-24(18,25)26/h3-8,11,17-18H,9-10,12-14H2,1-2H3/t17-,18?/m0/s1. The van der Waals surface area contributed by atoms with Crippen molar-refractivity contribution in [3.05, 3.63) is 42.7 Å². The molecule has 1 aliphatic carbocycles. The topological polar surface area (TPSA) is 80.7 Å². The van der Waals surface area contributed by atoms with Crippen LogP contribution in [0, 0.1) is 5.92 Å². The summed E-state index contributed by atoms with van der Waals surface area (Å²) in [7, 11) is 3.95. The zero-order valence-corrected chi connectivity index (χ0v) is 18.9. The fourth-order valence-corrected chi connectivity index (χ4v) is 4.02. The Bertz CT molecular complexity index is 1200. The molecule has 2 fully saturated rings. The molecule has 5 rings (SSSR count). The maximum absolute atomic E-state index is 13.3. The van der Waals surface area contributed by atoms with Crippen molar-refractivity contribution in [2.75, 3.05) is 45.3 Å². The number of ether oxygens (including phenoxy) is 2. The van der Waals surface area contributed by atoms with Crippen LogP contribution in [0.3, 0.4) is 0 Å². The molecule has 0 bridgehead atoms. The number of alkyl halides is 2. The van der Waals surface area contributed by atoms with E-state index in [0.29, 0.717) is 29.2 Å². The second kappa shape index (κ2) is 8.75. The number of anilines is 1. The largest absolute Gasteiger partial charge is 0.473 e. The molecule has 2 aromatic heterocycles. The van der Waals surface area contributed by atoms with Crippen LogP contribution in [0.5, 0.6) is 5.88 Å². The van der Waals surface area contributed by atoms with Crippen molar-refractivity contribution >= 4 is 22.6 Å². The molecule has 1 amide bonds. The molecule has 1 saturated heterocycles. The van der Waals surface area contributed by atoms with Gasteiger partial charge in [-0.1, -0.05) is 12.1 Å². The lowest BCUT2D eigenvalue weighted by atomic mass is 10.1. The Morgan fingerprint density at radius 2 is 1.97 bits per heavy atom. The van der Waals surface area contributed by atoms with Crippen LogP contribution in [0.2, 0.25) is 0 Å². The number of carbonyl (C=O) groups excluding carboxylic acids is 1. The third-order valence-electron chi connectivity index (χ3n) is 6.08. The molecule has 1 unspecified atom stereocenters. The molecule has 0 N–H and O–H groups in total. The minimum atomic E-state index is -2.88. The van der Waals surface area contributed by atoms with Gasteiger partial charge in [0.2, 0.25) is 11.8 Å². The van der Waals surface area contributed by atoms with Gasteiger partial charge in [-0.05, 0) is 18.2 Å². The molecular formula is C24H25F2N5O3. The Morgan fingerprint density at radius 1 is 1.24 bits per heavy atom. The Kier molecular flexibility index (Phi) is 5.76. The Morgan fingerprint density at radius 3 is 2.68 bits per heavy atom. The molecule has 1 saturated carbocycles. The third kappa shape index (κ3) is 4.50. The van der Waals surface area contributed by atoms with E-state index < -0.39 is 23.9 Å². The summed E-state index contributed by atoms with van der Waals surface area (Å²) in [5, 5.41) is 0. The summed E-state index contributed by atoms with van der Waals surface area (Å²) in [5.74, 6) is -4.30. The zero-order chi connectivity index (χ0) is 23.9. The van der Waals surface area contributed by atoms with Gasteiger partial charge in [0, 0.05) is 50.7 Å². The van der Waals surface area contributed by atoms with E-state index in [1.807, 2.05) is 49.3 Å². The van der Waals surface area contributed by atoms with E-state index in [9.17, 15) is 13.6 Å². The number of morpholine rings is 1. The van der Waals surface area contributed by atoms with Crippen LogP contribution in [0.1, 0.15) is 6.42 Å². The lowest BCUT2D eigenvalue weighted by Gasteiger charge is -2.32. The van der Waals surface area contributed by atoms with Crippen LogP contribution in [-0.4, -0.2) is 78.2 Å². The summed E-state index contributed by atoms with van der Waals surface area (Å²) < 4.78 is 38.4. The number of pyridine rings is 1. The Labute approximate surface area is 195 Å². The molecule has 34 heavy (non-hydrogen) atoms. The van der Waals surface area contributed by atoms with Crippen molar-refractivity contribution in [2.24, 2.45) is 5.92 Å². The number of rotatable bonds is 6. The predicted octanol–water partition coefficient (Wildman–Crippen LogP) is 3.02. The van der Waals surface area contributed by atoms with Crippen LogP contribution in [-0.2, 0) is 9.53 Å². The monoisotopic (exact) mass is 469 g/mol. The van der Waals surface area contributed by atoms with E-state index in [2.05, 4.69) is 15.0 Å². The van der Waals surface area contributed by atoms with Crippen molar-refractivity contribution in [3.8, 4) is 17.1 Å². The van der Waals surface area contributed by atoms with Crippen molar-refractivity contribution in [1.82, 2.24) is 19.9 Å². The molecule has 0 spiro atoms. The molecule has 8 nitrogen and oxygen atoms in total. The maximum Gasteiger partial charge on any atom is 0.260 e. The molecule has 1 aliphatic heterocycles. The first-order chi connectivity index (χ1) is 16.3. The summed E-state index contributed by atoms with van der Waals surface area (Å²) in [6, 6.07) is 9.82. The van der Waals surface area contributed by atoms with Crippen LogP contribution >= 0.6 is 0 Å². The molecule has 1 aromatic carbocycles. The van der Waals surface area contributed by atoms with Gasteiger partial charge in [0.15, 0.2) is 5.52 Å². The van der Waals surface area contributed by atoms with Crippen molar-refractivity contribution in [2.45, 2.75) is 18.4 Å². The molecule has 2 aliphatic rings. The second-order valence-corrected chi connectivity index (χ2v) is 8.78. The highest BCUT2D eigenvalue weighted by molar-refractivity contribution is 5.84. The van der Waals surface area contributed by atoms with Gasteiger partial charge in [-0.25, -0.2) is 18.7 Å². The SMILES string of the molecule is CN(C)c1ccc(-c2cc3nccnc3c(OC[C@@H]3CN(C(=O)C4CC4(F)F)CCO3)n2)cc1. The number of halogens is 2. The van der Waals surface area contributed by atoms with Gasteiger partial charge >= 0.3 is 0 Å². The number of amides is 1. The lowest BCUT2D eigenvalue weighted by Crippen LogP contribution is -2.48. The summed E-state index contributed by atoms with van der Waals surface area (Å²) in [4.78, 5) is 29.2. The number of benzene rings is 1.